The van der Waals surface area contributed by atoms with Gasteiger partial charge >= 0.3 is 29.6 Å². The fourth-order valence-corrected chi connectivity index (χ4v) is 3.80. The van der Waals surface area contributed by atoms with Crippen LogP contribution in [0.15, 0.2) is 17.1 Å². The van der Waals surface area contributed by atoms with Crippen molar-refractivity contribution in [1.29, 1.82) is 0 Å². The van der Waals surface area contributed by atoms with Crippen LogP contribution in [0.2, 0.25) is 0 Å². The van der Waals surface area contributed by atoms with E-state index in [1.54, 1.807) is 0 Å². The quantitative estimate of drug-likeness (QED) is 0.0951. The molecule has 1 N–H and O–H groups in total. The van der Waals surface area contributed by atoms with Gasteiger partial charge in [-0.05, 0) is 25.2 Å². The average Bonchev–Trinajstić information content (AvgIpc) is 2.67. The van der Waals surface area contributed by atoms with Crippen molar-refractivity contribution in [3.63, 3.8) is 0 Å². The molecule has 0 aromatic carbocycles. The van der Waals surface area contributed by atoms with Gasteiger partial charge in [-0.2, -0.15) is 8.42 Å². The molecule has 0 saturated carbocycles. The van der Waals surface area contributed by atoms with Gasteiger partial charge in [0.15, 0.2) is 0 Å². The van der Waals surface area contributed by atoms with Gasteiger partial charge in [-0.15, -0.1) is 0 Å². The van der Waals surface area contributed by atoms with Gasteiger partial charge in [0.05, 0.1) is 5.75 Å². The van der Waals surface area contributed by atoms with Crippen molar-refractivity contribution < 1.29 is 47.6 Å². The summed E-state index contributed by atoms with van der Waals surface area (Å²) in [6, 6.07) is 0. The Balaban J connectivity index is 0. The number of unbranched alkanes of at least 4 members (excludes halogenated alkanes) is 15. The molecule has 172 valence electrons. The minimum atomic E-state index is -3.96. The second-order valence-electron chi connectivity index (χ2n) is 8.00. The molecule has 0 saturated heterocycles. The number of allylic oxidation sites excluding steroid dienone is 1. The molecule has 0 rings (SSSR count). The Hall–Kier alpha value is 0.120. The molecule has 0 aromatic rings. The standard InChI is InChI=1S/C23H45NO4S.Na/c1-2-3-4-5-6-7-8-9-10-11-12-13-14-15-16-17-18-20-23(25)24-21-19-22-29(26,27)28;/h18,20H,2-17,19,21-22H2,1H3,(H,24,25)(H,26,27,28);/q;+1/p-1/b20-18+;. The van der Waals surface area contributed by atoms with Crippen LogP contribution in [-0.4, -0.2) is 31.2 Å². The van der Waals surface area contributed by atoms with E-state index in [4.69, 9.17) is 4.55 Å². The first kappa shape index (κ1) is 32.3. The van der Waals surface area contributed by atoms with E-state index in [9.17, 15) is 13.5 Å². The molecule has 0 aliphatic carbocycles. The van der Waals surface area contributed by atoms with Crippen molar-refractivity contribution in [2.24, 2.45) is 4.99 Å². The summed E-state index contributed by atoms with van der Waals surface area (Å²) in [7, 11) is -3.96. The van der Waals surface area contributed by atoms with Crippen LogP contribution >= 0.6 is 0 Å². The van der Waals surface area contributed by atoms with Crippen LogP contribution in [0.4, 0.5) is 0 Å². The molecule has 0 unspecified atom stereocenters. The van der Waals surface area contributed by atoms with Crippen LogP contribution in [-0.2, 0) is 10.1 Å². The van der Waals surface area contributed by atoms with Crippen molar-refractivity contribution in [1.82, 2.24) is 0 Å². The molecular weight excluding hydrogens is 409 g/mol. The van der Waals surface area contributed by atoms with E-state index in [0.717, 1.165) is 12.8 Å². The van der Waals surface area contributed by atoms with Gasteiger partial charge in [0, 0.05) is 6.54 Å². The Bertz CT molecular complexity index is 521. The number of nitrogens with zero attached hydrogens (tertiary/aromatic N) is 1. The van der Waals surface area contributed by atoms with E-state index in [1.807, 2.05) is 6.08 Å². The second-order valence-corrected chi connectivity index (χ2v) is 9.57. The van der Waals surface area contributed by atoms with Crippen molar-refractivity contribution in [2.75, 3.05) is 12.3 Å². The van der Waals surface area contributed by atoms with Crippen LogP contribution in [0.1, 0.15) is 116 Å². The van der Waals surface area contributed by atoms with Gasteiger partial charge in [0.25, 0.3) is 10.1 Å². The van der Waals surface area contributed by atoms with E-state index in [1.165, 1.54) is 96.0 Å². The van der Waals surface area contributed by atoms with Gasteiger partial charge in [-0.3, -0.25) is 4.55 Å². The molecule has 0 aliphatic rings. The Labute approximate surface area is 208 Å². The molecule has 5 nitrogen and oxygen atoms in total. The van der Waals surface area contributed by atoms with Crippen LogP contribution in [0.25, 0.3) is 0 Å². The summed E-state index contributed by atoms with van der Waals surface area (Å²) in [5.74, 6) is -0.687. The maximum atomic E-state index is 11.5. The first-order valence-corrected chi connectivity index (χ1v) is 13.4. The predicted molar refractivity (Wildman–Crippen MR) is 122 cm³/mol. The van der Waals surface area contributed by atoms with Crippen LogP contribution in [0.5, 0.6) is 0 Å². The summed E-state index contributed by atoms with van der Waals surface area (Å²) in [5.41, 5.74) is 0. The van der Waals surface area contributed by atoms with Crippen molar-refractivity contribution in [3.8, 4) is 0 Å². The zero-order valence-electron chi connectivity index (χ0n) is 19.6. The van der Waals surface area contributed by atoms with Crippen molar-refractivity contribution in [3.05, 3.63) is 12.2 Å². The predicted octanol–water partition coefficient (Wildman–Crippen LogP) is 2.84. The maximum Gasteiger partial charge on any atom is 1.00 e. The summed E-state index contributed by atoms with van der Waals surface area (Å²) in [6.07, 6.45) is 24.5. The van der Waals surface area contributed by atoms with Gasteiger partial charge < -0.3 is 10.1 Å². The summed E-state index contributed by atoms with van der Waals surface area (Å²) in [4.78, 5) is 3.74. The summed E-state index contributed by atoms with van der Waals surface area (Å²) in [6.45, 7) is 2.39. The monoisotopic (exact) mass is 453 g/mol. The molecular formula is C23H44NNaO4S. The van der Waals surface area contributed by atoms with E-state index < -0.39 is 10.1 Å². The van der Waals surface area contributed by atoms with Crippen molar-refractivity contribution >= 4 is 16.0 Å². The minimum Gasteiger partial charge on any atom is -0.859 e. The van der Waals surface area contributed by atoms with Crippen molar-refractivity contribution in [2.45, 2.75) is 116 Å². The molecule has 0 aliphatic heterocycles. The van der Waals surface area contributed by atoms with Gasteiger partial charge in [-0.25, -0.2) is 0 Å². The molecule has 0 atom stereocenters. The number of aliphatic imine (C=N–C) groups is 1. The minimum absolute atomic E-state index is 0. The van der Waals surface area contributed by atoms with E-state index in [0.29, 0.717) is 0 Å². The average molecular weight is 454 g/mol. The van der Waals surface area contributed by atoms with Gasteiger partial charge in [-0.1, -0.05) is 109 Å². The van der Waals surface area contributed by atoms with Crippen LogP contribution in [0.3, 0.4) is 0 Å². The van der Waals surface area contributed by atoms with E-state index >= 15 is 0 Å². The zero-order valence-corrected chi connectivity index (χ0v) is 22.4. The number of rotatable bonds is 21. The van der Waals surface area contributed by atoms with E-state index in [-0.39, 0.29) is 54.2 Å². The zero-order chi connectivity index (χ0) is 21.6. The molecule has 30 heavy (non-hydrogen) atoms. The SMILES string of the molecule is CCCCCCCCCCCCCCCCC/C=C/C([O-])=NCCCS(=O)(=O)O.[Na+]. The van der Waals surface area contributed by atoms with Crippen LogP contribution < -0.4 is 34.7 Å². The third-order valence-electron chi connectivity index (χ3n) is 5.06. The third-order valence-corrected chi connectivity index (χ3v) is 5.87. The van der Waals surface area contributed by atoms with E-state index in [2.05, 4.69) is 11.9 Å². The molecule has 0 heterocycles. The normalized spacial score (nSPS) is 12.4. The molecule has 0 aromatic heterocycles. The molecule has 7 heteroatoms. The summed E-state index contributed by atoms with van der Waals surface area (Å²) in [5, 5.41) is 11.5. The van der Waals surface area contributed by atoms with Crippen LogP contribution in [0, 0.1) is 0 Å². The third kappa shape index (κ3) is 28.1. The largest absolute Gasteiger partial charge is 1.00 e. The smallest absolute Gasteiger partial charge is 0.859 e. The molecule has 0 bridgehead atoms. The number of hydrogen-bond acceptors (Lipinski definition) is 4. The first-order valence-electron chi connectivity index (χ1n) is 11.8. The Morgan fingerprint density at radius 2 is 1.23 bits per heavy atom. The Morgan fingerprint density at radius 3 is 1.67 bits per heavy atom. The fourth-order valence-electron chi connectivity index (χ4n) is 3.31. The fraction of sp³-hybridized carbons (Fsp3) is 0.870. The summed E-state index contributed by atoms with van der Waals surface area (Å²) < 4.78 is 29.7. The molecule has 0 amide bonds. The molecule has 0 spiro atoms. The summed E-state index contributed by atoms with van der Waals surface area (Å²) >= 11 is 0. The molecule has 0 radical (unpaired) electrons. The topological polar surface area (TPSA) is 89.8 Å². The molecule has 0 fully saturated rings. The second kappa shape index (κ2) is 23.8. The first-order chi connectivity index (χ1) is 14.0. The van der Waals surface area contributed by atoms with Gasteiger partial charge in [0.1, 0.15) is 0 Å². The number of hydrogen-bond donors (Lipinski definition) is 1. The van der Waals surface area contributed by atoms with Gasteiger partial charge in [0.2, 0.25) is 0 Å². The maximum absolute atomic E-state index is 11.5. The Morgan fingerprint density at radius 1 is 0.800 bits per heavy atom. The Kier molecular flexibility index (Phi) is 25.6.